The van der Waals surface area contributed by atoms with Crippen molar-refractivity contribution in [3.05, 3.63) is 21.2 Å². The van der Waals surface area contributed by atoms with Gasteiger partial charge in [0.2, 0.25) is 0 Å². The van der Waals surface area contributed by atoms with Crippen LogP contribution in [0.3, 0.4) is 0 Å². The zero-order valence-electron chi connectivity index (χ0n) is 10.6. The molecule has 5 nitrogen and oxygen atoms in total. The molecule has 1 aliphatic rings. The van der Waals surface area contributed by atoms with Crippen molar-refractivity contribution in [3.8, 4) is 0 Å². The normalized spacial score (nSPS) is 16.4. The summed E-state index contributed by atoms with van der Waals surface area (Å²) in [6.45, 7) is 1.76. The van der Waals surface area contributed by atoms with Crippen molar-refractivity contribution in [2.75, 3.05) is 25.5 Å². The van der Waals surface area contributed by atoms with Crippen LogP contribution < -0.4 is 10.9 Å². The van der Waals surface area contributed by atoms with E-state index in [9.17, 15) is 4.79 Å². The van der Waals surface area contributed by atoms with Crippen molar-refractivity contribution < 1.29 is 0 Å². The second kappa shape index (κ2) is 6.33. The first-order chi connectivity index (χ1) is 8.68. The van der Waals surface area contributed by atoms with E-state index in [-0.39, 0.29) is 5.56 Å². The molecule has 2 rings (SSSR count). The van der Waals surface area contributed by atoms with E-state index >= 15 is 0 Å². The topological polar surface area (TPSA) is 61.0 Å². The number of rotatable bonds is 5. The number of hydrogen-bond donors (Lipinski definition) is 2. The molecule has 1 saturated carbocycles. The second-order valence-corrected chi connectivity index (χ2v) is 5.53. The lowest BCUT2D eigenvalue weighted by molar-refractivity contribution is 0.254. The molecule has 100 valence electrons. The van der Waals surface area contributed by atoms with Crippen LogP contribution in [0.2, 0.25) is 0 Å². The molecule has 0 saturated heterocycles. The van der Waals surface area contributed by atoms with Crippen molar-refractivity contribution in [1.29, 1.82) is 0 Å². The Labute approximate surface area is 115 Å². The molecule has 0 aromatic carbocycles. The first kappa shape index (κ1) is 13.5. The van der Waals surface area contributed by atoms with Gasteiger partial charge in [0.25, 0.3) is 5.56 Å². The molecular formula is C12H19BrN4O. The molecule has 1 fully saturated rings. The van der Waals surface area contributed by atoms with Crippen LogP contribution in [0, 0.1) is 0 Å². The molecule has 0 radical (unpaired) electrons. The van der Waals surface area contributed by atoms with Crippen LogP contribution in [-0.4, -0.2) is 41.0 Å². The predicted octanol–water partition coefficient (Wildman–Crippen LogP) is 1.82. The standard InChI is InChI=1S/C12H19BrN4O/c1-17(9-4-2-3-5-9)7-6-14-11-10(13)12(18)16-8-15-11/h8-9H,2-7H2,1H3,(H2,14,15,16,18). The molecule has 1 aromatic rings. The summed E-state index contributed by atoms with van der Waals surface area (Å²) in [7, 11) is 2.16. The van der Waals surface area contributed by atoms with Crippen LogP contribution in [-0.2, 0) is 0 Å². The van der Waals surface area contributed by atoms with Gasteiger partial charge in [-0.3, -0.25) is 4.79 Å². The van der Waals surface area contributed by atoms with Gasteiger partial charge in [-0.25, -0.2) is 4.98 Å². The van der Waals surface area contributed by atoms with Crippen LogP contribution in [0.5, 0.6) is 0 Å². The Balaban J connectivity index is 1.81. The SMILES string of the molecule is CN(CCNc1nc[nH]c(=O)c1Br)C1CCCC1. The minimum Gasteiger partial charge on any atom is -0.368 e. The maximum Gasteiger partial charge on any atom is 0.267 e. The minimum absolute atomic E-state index is 0.156. The average Bonchev–Trinajstić information content (AvgIpc) is 2.88. The van der Waals surface area contributed by atoms with E-state index in [1.165, 1.54) is 32.0 Å². The van der Waals surface area contributed by atoms with Crippen LogP contribution >= 0.6 is 15.9 Å². The third-order valence-corrected chi connectivity index (χ3v) is 4.24. The smallest absolute Gasteiger partial charge is 0.267 e. The number of nitrogens with one attached hydrogen (secondary N) is 2. The lowest BCUT2D eigenvalue weighted by atomic mass is 10.2. The summed E-state index contributed by atoms with van der Waals surface area (Å²) in [5.41, 5.74) is -0.156. The van der Waals surface area contributed by atoms with Crippen molar-refractivity contribution in [2.45, 2.75) is 31.7 Å². The van der Waals surface area contributed by atoms with Crippen molar-refractivity contribution in [2.24, 2.45) is 0 Å². The van der Waals surface area contributed by atoms with Gasteiger partial charge in [0, 0.05) is 19.1 Å². The third kappa shape index (κ3) is 3.32. The number of aromatic nitrogens is 2. The Morgan fingerprint density at radius 3 is 3.00 bits per heavy atom. The van der Waals surface area contributed by atoms with E-state index in [4.69, 9.17) is 0 Å². The van der Waals surface area contributed by atoms with Gasteiger partial charge in [0.05, 0.1) is 6.33 Å². The lowest BCUT2D eigenvalue weighted by Crippen LogP contribution is -2.33. The molecule has 0 aliphatic heterocycles. The van der Waals surface area contributed by atoms with Crippen molar-refractivity contribution in [3.63, 3.8) is 0 Å². The monoisotopic (exact) mass is 314 g/mol. The summed E-state index contributed by atoms with van der Waals surface area (Å²) in [6.07, 6.45) is 6.73. The Kier molecular flexibility index (Phi) is 4.77. The minimum atomic E-state index is -0.156. The van der Waals surface area contributed by atoms with Crippen LogP contribution in [0.1, 0.15) is 25.7 Å². The predicted molar refractivity (Wildman–Crippen MR) is 75.9 cm³/mol. The Morgan fingerprint density at radius 2 is 2.28 bits per heavy atom. The van der Waals surface area contributed by atoms with Gasteiger partial charge in [-0.05, 0) is 35.8 Å². The quantitative estimate of drug-likeness (QED) is 0.870. The van der Waals surface area contributed by atoms with Gasteiger partial charge in [0.1, 0.15) is 10.3 Å². The van der Waals surface area contributed by atoms with E-state index < -0.39 is 0 Å². The van der Waals surface area contributed by atoms with Crippen LogP contribution in [0.25, 0.3) is 0 Å². The van der Waals surface area contributed by atoms with Gasteiger partial charge < -0.3 is 15.2 Å². The fourth-order valence-corrected chi connectivity index (χ4v) is 2.74. The molecule has 0 bridgehead atoms. The van der Waals surface area contributed by atoms with Crippen molar-refractivity contribution in [1.82, 2.24) is 14.9 Å². The Morgan fingerprint density at radius 1 is 1.56 bits per heavy atom. The first-order valence-corrected chi connectivity index (χ1v) is 7.15. The molecule has 2 N–H and O–H groups in total. The summed E-state index contributed by atoms with van der Waals surface area (Å²) in [6, 6.07) is 0.724. The van der Waals surface area contributed by atoms with E-state index in [1.54, 1.807) is 0 Å². The molecule has 1 heterocycles. The highest BCUT2D eigenvalue weighted by Crippen LogP contribution is 2.22. The third-order valence-electron chi connectivity index (χ3n) is 3.50. The number of anilines is 1. The fraction of sp³-hybridized carbons (Fsp3) is 0.667. The summed E-state index contributed by atoms with van der Waals surface area (Å²) in [5.74, 6) is 0.610. The van der Waals surface area contributed by atoms with E-state index in [2.05, 4.69) is 43.2 Å². The number of likely N-dealkylation sites (N-methyl/N-ethyl adjacent to an activating group) is 1. The second-order valence-electron chi connectivity index (χ2n) is 4.74. The molecule has 6 heteroatoms. The number of H-pyrrole nitrogens is 1. The molecule has 0 atom stereocenters. The van der Waals surface area contributed by atoms with Gasteiger partial charge in [0.15, 0.2) is 0 Å². The lowest BCUT2D eigenvalue weighted by Gasteiger charge is -2.24. The number of aromatic amines is 1. The highest BCUT2D eigenvalue weighted by molar-refractivity contribution is 9.10. The molecule has 0 unspecified atom stereocenters. The molecule has 18 heavy (non-hydrogen) atoms. The number of nitrogens with zero attached hydrogens (tertiary/aromatic N) is 2. The van der Waals surface area contributed by atoms with E-state index in [0.717, 1.165) is 19.1 Å². The molecule has 0 amide bonds. The van der Waals surface area contributed by atoms with Gasteiger partial charge in [-0.1, -0.05) is 12.8 Å². The fourth-order valence-electron chi connectivity index (χ4n) is 2.38. The summed E-state index contributed by atoms with van der Waals surface area (Å²) in [5, 5.41) is 3.19. The van der Waals surface area contributed by atoms with E-state index in [0.29, 0.717) is 10.3 Å². The van der Waals surface area contributed by atoms with E-state index in [1.807, 2.05) is 0 Å². The summed E-state index contributed by atoms with van der Waals surface area (Å²) < 4.78 is 0.466. The first-order valence-electron chi connectivity index (χ1n) is 6.36. The number of hydrogen-bond acceptors (Lipinski definition) is 4. The Hall–Kier alpha value is -0.880. The summed E-state index contributed by atoms with van der Waals surface area (Å²) >= 11 is 3.23. The zero-order chi connectivity index (χ0) is 13.0. The molecule has 1 aromatic heterocycles. The zero-order valence-corrected chi connectivity index (χ0v) is 12.2. The summed E-state index contributed by atoms with van der Waals surface area (Å²) in [4.78, 5) is 20.4. The van der Waals surface area contributed by atoms with Crippen LogP contribution in [0.15, 0.2) is 15.6 Å². The molecule has 0 spiro atoms. The average molecular weight is 315 g/mol. The largest absolute Gasteiger partial charge is 0.368 e. The van der Waals surface area contributed by atoms with Gasteiger partial charge in [-0.15, -0.1) is 0 Å². The highest BCUT2D eigenvalue weighted by atomic mass is 79.9. The van der Waals surface area contributed by atoms with Gasteiger partial charge >= 0.3 is 0 Å². The van der Waals surface area contributed by atoms with Gasteiger partial charge in [-0.2, -0.15) is 0 Å². The maximum atomic E-state index is 11.4. The maximum absolute atomic E-state index is 11.4. The van der Waals surface area contributed by atoms with Crippen molar-refractivity contribution >= 4 is 21.7 Å². The Bertz CT molecular complexity index is 442. The molecule has 1 aliphatic carbocycles. The highest BCUT2D eigenvalue weighted by Gasteiger charge is 2.18. The molecular weight excluding hydrogens is 296 g/mol. The van der Waals surface area contributed by atoms with Crippen LogP contribution in [0.4, 0.5) is 5.82 Å². The number of halogens is 1.